The summed E-state index contributed by atoms with van der Waals surface area (Å²) in [5.74, 6) is -0.367. The summed E-state index contributed by atoms with van der Waals surface area (Å²) in [6, 6.07) is 0. The molecule has 10 heterocycles. The van der Waals surface area contributed by atoms with Crippen LogP contribution in [0.1, 0.15) is 97.3 Å². The highest BCUT2D eigenvalue weighted by molar-refractivity contribution is 5.79. The molecule has 10 aliphatic heterocycles. The summed E-state index contributed by atoms with van der Waals surface area (Å²) in [6.07, 6.45) is 5.65. The summed E-state index contributed by atoms with van der Waals surface area (Å²) in [4.78, 5) is 14.0. The quantitative estimate of drug-likeness (QED) is 0.410. The Morgan fingerprint density at radius 3 is 2.33 bits per heavy atom. The van der Waals surface area contributed by atoms with Gasteiger partial charge in [-0.1, -0.05) is 27.0 Å². The van der Waals surface area contributed by atoms with Crippen LogP contribution in [0.4, 0.5) is 0 Å². The van der Waals surface area contributed by atoms with Gasteiger partial charge in [-0.3, -0.25) is 4.79 Å². The van der Waals surface area contributed by atoms with E-state index in [1.165, 1.54) is 0 Å². The molecule has 11 nitrogen and oxygen atoms in total. The van der Waals surface area contributed by atoms with E-state index in [4.69, 9.17) is 37.9 Å². The number of ether oxygens (including phenoxy) is 8. The standard InChI is InChI=1S/C40H58O11/c1-19-11-25-5-7-29-20(2)12-27(44-29)9-10-40-17-34-36(50-40)37-38(49-34)39(51-40)35-30(48-37)8-6-26(46-35)13-23(42)14-28-22(4)31(15-24(43)18-41)47-33(28)16-32(45-25)21(19)3/h19,22,24-39,41,43H,2-3,5-18H2,1,4H3/t19-,22-,24+,25-,26?,27+,28-,29?,30+,31-,32?,33+,34-,35+,36+,37+,38-,39+,40+/m1/s1. The van der Waals surface area contributed by atoms with Crippen molar-refractivity contribution in [2.75, 3.05) is 6.61 Å². The monoisotopic (exact) mass is 714 g/mol. The molecule has 0 aromatic rings. The van der Waals surface area contributed by atoms with Gasteiger partial charge in [0.25, 0.3) is 0 Å². The predicted molar refractivity (Wildman–Crippen MR) is 183 cm³/mol. The van der Waals surface area contributed by atoms with Crippen molar-refractivity contribution in [2.24, 2.45) is 17.8 Å². The van der Waals surface area contributed by atoms with Crippen molar-refractivity contribution in [3.05, 3.63) is 24.3 Å². The molecule has 3 unspecified atom stereocenters. The van der Waals surface area contributed by atoms with Gasteiger partial charge in [0.15, 0.2) is 5.79 Å². The molecule has 19 atom stereocenters. The van der Waals surface area contributed by atoms with Crippen LogP contribution >= 0.6 is 0 Å². The Balaban J connectivity index is 0.986. The van der Waals surface area contributed by atoms with E-state index in [1.54, 1.807) is 0 Å². The molecule has 2 N–H and O–H groups in total. The molecular formula is C40H58O11. The van der Waals surface area contributed by atoms with Gasteiger partial charge in [0.1, 0.15) is 36.3 Å². The van der Waals surface area contributed by atoms with Crippen LogP contribution in [-0.2, 0) is 42.7 Å². The van der Waals surface area contributed by atoms with Gasteiger partial charge in [-0.05, 0) is 73.8 Å². The zero-order valence-electron chi connectivity index (χ0n) is 30.3. The first-order valence-electron chi connectivity index (χ1n) is 20.0. The van der Waals surface area contributed by atoms with Crippen molar-refractivity contribution in [3.8, 4) is 0 Å². The SMILES string of the molecule is C=C1C[C@@H]2CC[C@@]34C[C@H]5O[C@H]6[C@@H](O3)[C@H]3OC(CC[C@@H]3O[C@H]6[C@H]5O4)CC(=O)C[C@@H]3[C@@H](C)[C@@H](C[C@H](O)CO)O[C@H]3CC3O[C@H](CCC1O2)C[C@@H](C)C3=C. The summed E-state index contributed by atoms with van der Waals surface area (Å²) >= 11 is 0. The third kappa shape index (κ3) is 6.53. The second kappa shape index (κ2) is 13.8. The topological polar surface area (TPSA) is 131 Å². The minimum Gasteiger partial charge on any atom is -0.394 e. The fourth-order valence-electron chi connectivity index (χ4n) is 11.3. The van der Waals surface area contributed by atoms with E-state index in [-0.39, 0.29) is 110 Å². The Hall–Kier alpha value is -1.25. The highest BCUT2D eigenvalue weighted by atomic mass is 16.8. The Bertz CT molecular complexity index is 1360. The Kier molecular flexibility index (Phi) is 9.59. The first kappa shape index (κ1) is 35.5. The van der Waals surface area contributed by atoms with Crippen LogP contribution in [0.25, 0.3) is 0 Å². The van der Waals surface area contributed by atoms with Gasteiger partial charge in [-0.2, -0.15) is 0 Å². The molecule has 12 bridgehead atoms. The fourth-order valence-corrected chi connectivity index (χ4v) is 11.3. The molecule has 11 heteroatoms. The summed E-state index contributed by atoms with van der Waals surface area (Å²) in [5, 5.41) is 20.0. The predicted octanol–water partition coefficient (Wildman–Crippen LogP) is 4.09. The molecule has 1 spiro atoms. The van der Waals surface area contributed by atoms with Crippen molar-refractivity contribution < 1.29 is 52.9 Å². The summed E-state index contributed by atoms with van der Waals surface area (Å²) in [7, 11) is 0. The van der Waals surface area contributed by atoms with E-state index in [9.17, 15) is 15.0 Å². The van der Waals surface area contributed by atoms with Crippen LogP contribution in [0.15, 0.2) is 24.3 Å². The van der Waals surface area contributed by atoms with Crippen molar-refractivity contribution >= 4 is 5.78 Å². The molecule has 10 fully saturated rings. The molecule has 10 rings (SSSR count). The minimum absolute atomic E-state index is 0.00894. The molecule has 10 saturated heterocycles. The average molecular weight is 715 g/mol. The maximum Gasteiger partial charge on any atom is 0.172 e. The van der Waals surface area contributed by atoms with Gasteiger partial charge in [0.2, 0.25) is 0 Å². The fraction of sp³-hybridized carbons (Fsp3) is 0.875. The van der Waals surface area contributed by atoms with Gasteiger partial charge >= 0.3 is 0 Å². The molecule has 0 saturated carbocycles. The van der Waals surface area contributed by atoms with E-state index in [0.29, 0.717) is 44.4 Å². The number of hydrogen-bond acceptors (Lipinski definition) is 11. The van der Waals surface area contributed by atoms with E-state index in [2.05, 4.69) is 27.0 Å². The average Bonchev–Trinajstić information content (AvgIpc) is 3.77. The first-order chi connectivity index (χ1) is 24.6. The molecule has 0 aromatic carbocycles. The second-order valence-corrected chi connectivity index (χ2v) is 17.5. The molecule has 0 radical (unpaired) electrons. The maximum atomic E-state index is 14.0. The summed E-state index contributed by atoms with van der Waals surface area (Å²) in [6.45, 7) is 12.9. The number of ketones is 1. The van der Waals surface area contributed by atoms with Crippen LogP contribution in [0.2, 0.25) is 0 Å². The minimum atomic E-state index is -0.872. The van der Waals surface area contributed by atoms with Gasteiger partial charge in [0, 0.05) is 38.5 Å². The zero-order chi connectivity index (χ0) is 35.2. The van der Waals surface area contributed by atoms with Gasteiger partial charge in [0.05, 0.1) is 67.6 Å². The third-order valence-corrected chi connectivity index (χ3v) is 14.1. The zero-order valence-corrected chi connectivity index (χ0v) is 30.3. The van der Waals surface area contributed by atoms with Crippen LogP contribution in [0, 0.1) is 17.8 Å². The largest absolute Gasteiger partial charge is 0.394 e. The number of hydrogen-bond donors (Lipinski definition) is 2. The third-order valence-electron chi connectivity index (χ3n) is 14.1. The number of carbonyl (C=O) groups excluding carboxylic acids is 1. The van der Waals surface area contributed by atoms with Crippen LogP contribution in [0.5, 0.6) is 0 Å². The Morgan fingerprint density at radius 1 is 0.745 bits per heavy atom. The van der Waals surface area contributed by atoms with Gasteiger partial charge in [-0.15, -0.1) is 0 Å². The number of Topliss-reactive ketones (excluding diaryl/α,β-unsaturated/α-hetero) is 1. The molecule has 0 aromatic heterocycles. The number of rotatable bonds is 3. The van der Waals surface area contributed by atoms with Crippen molar-refractivity contribution in [1.82, 2.24) is 0 Å². The number of aliphatic hydroxyl groups excluding tert-OH is 2. The lowest BCUT2D eigenvalue weighted by Crippen LogP contribution is -2.61. The van der Waals surface area contributed by atoms with Crippen LogP contribution < -0.4 is 0 Å². The Labute approximate surface area is 301 Å². The van der Waals surface area contributed by atoms with Crippen molar-refractivity contribution in [1.29, 1.82) is 0 Å². The van der Waals surface area contributed by atoms with Crippen molar-refractivity contribution in [3.63, 3.8) is 0 Å². The smallest absolute Gasteiger partial charge is 0.172 e. The van der Waals surface area contributed by atoms with E-state index >= 15 is 0 Å². The lowest BCUT2D eigenvalue weighted by Gasteiger charge is -2.47. The number of fused-ring (bicyclic) bond motifs is 6. The Morgan fingerprint density at radius 2 is 1.49 bits per heavy atom. The lowest BCUT2D eigenvalue weighted by molar-refractivity contribution is -0.292. The van der Waals surface area contributed by atoms with E-state index in [1.807, 2.05) is 0 Å². The first-order valence-corrected chi connectivity index (χ1v) is 20.0. The molecular weight excluding hydrogens is 656 g/mol. The second-order valence-electron chi connectivity index (χ2n) is 17.5. The summed E-state index contributed by atoms with van der Waals surface area (Å²) in [5.41, 5.74) is 2.22. The highest BCUT2D eigenvalue weighted by Crippen LogP contribution is 2.54. The number of carbonyl (C=O) groups is 1. The lowest BCUT2D eigenvalue weighted by atomic mass is 9.79. The number of aliphatic hydroxyl groups is 2. The van der Waals surface area contributed by atoms with E-state index in [0.717, 1.165) is 56.1 Å². The van der Waals surface area contributed by atoms with Crippen LogP contribution in [0.3, 0.4) is 0 Å². The van der Waals surface area contributed by atoms with Crippen molar-refractivity contribution in [2.45, 2.75) is 195 Å². The van der Waals surface area contributed by atoms with Gasteiger partial charge in [-0.25, -0.2) is 0 Å². The molecule has 0 amide bonds. The van der Waals surface area contributed by atoms with Gasteiger partial charge < -0.3 is 48.1 Å². The van der Waals surface area contributed by atoms with E-state index < -0.39 is 11.9 Å². The maximum absolute atomic E-state index is 14.0. The molecule has 10 aliphatic rings. The molecule has 51 heavy (non-hydrogen) atoms. The normalized spacial score (nSPS) is 53.2. The summed E-state index contributed by atoms with van der Waals surface area (Å²) < 4.78 is 53.9. The highest BCUT2D eigenvalue weighted by Gasteiger charge is 2.68. The molecule has 284 valence electrons. The van der Waals surface area contributed by atoms with Crippen LogP contribution in [-0.4, -0.2) is 120 Å². The molecule has 0 aliphatic carbocycles.